The van der Waals surface area contributed by atoms with Crippen LogP contribution in [0.1, 0.15) is 27.0 Å². The van der Waals surface area contributed by atoms with E-state index in [2.05, 4.69) is 10.2 Å². The van der Waals surface area contributed by atoms with Crippen molar-refractivity contribution in [1.82, 2.24) is 4.57 Å². The first-order chi connectivity index (χ1) is 14.8. The van der Waals surface area contributed by atoms with Gasteiger partial charge in [0.25, 0.3) is 5.56 Å². The minimum absolute atomic E-state index is 0.100. The predicted octanol–water partition coefficient (Wildman–Crippen LogP) is 4.62. The quantitative estimate of drug-likeness (QED) is 0.355. The maximum atomic E-state index is 12.4. The van der Waals surface area contributed by atoms with Crippen LogP contribution in [0.5, 0.6) is 11.6 Å². The molecular weight excluding hydrogens is 398 g/mol. The number of azo groups is 1. The molecule has 2 aromatic carbocycles. The highest BCUT2D eigenvalue weighted by Crippen LogP contribution is 2.27. The number of para-hydroxylation sites is 1. The summed E-state index contributed by atoms with van der Waals surface area (Å²) in [5.74, 6) is -0.0220. The van der Waals surface area contributed by atoms with Gasteiger partial charge in [0.2, 0.25) is 6.79 Å². The Morgan fingerprint density at radius 1 is 1.03 bits per heavy atom. The second kappa shape index (κ2) is 9.25. The van der Waals surface area contributed by atoms with Gasteiger partial charge in [-0.3, -0.25) is 9.36 Å². The van der Waals surface area contributed by atoms with E-state index in [0.717, 1.165) is 4.57 Å². The molecule has 0 atom stereocenters. The Morgan fingerprint density at radius 3 is 2.42 bits per heavy atom. The molecule has 0 aliphatic carbocycles. The first-order valence-corrected chi connectivity index (χ1v) is 9.56. The van der Waals surface area contributed by atoms with Crippen LogP contribution in [0.4, 0.5) is 11.4 Å². The summed E-state index contributed by atoms with van der Waals surface area (Å²) in [7, 11) is 1.47. The fourth-order valence-electron chi connectivity index (χ4n) is 2.88. The van der Waals surface area contributed by atoms with Crippen LogP contribution < -0.4 is 10.3 Å². The van der Waals surface area contributed by atoms with Gasteiger partial charge in [-0.15, -0.1) is 5.11 Å². The predicted molar refractivity (Wildman–Crippen MR) is 116 cm³/mol. The van der Waals surface area contributed by atoms with Crippen LogP contribution in [0, 0.1) is 20.8 Å². The number of nitrogens with zero attached hydrogens (tertiary/aromatic N) is 3. The summed E-state index contributed by atoms with van der Waals surface area (Å²) >= 11 is 0. The highest BCUT2D eigenvalue weighted by molar-refractivity contribution is 5.90. The van der Waals surface area contributed by atoms with Gasteiger partial charge in [-0.1, -0.05) is 18.2 Å². The molecule has 8 nitrogen and oxygen atoms in total. The molecule has 3 aromatic rings. The van der Waals surface area contributed by atoms with Crippen LogP contribution in [-0.4, -0.2) is 22.4 Å². The minimum atomic E-state index is -0.526. The number of hydrogen-bond acceptors (Lipinski definition) is 7. The van der Waals surface area contributed by atoms with Crippen molar-refractivity contribution in [3.63, 3.8) is 0 Å². The zero-order chi connectivity index (χ0) is 22.5. The van der Waals surface area contributed by atoms with E-state index in [9.17, 15) is 14.7 Å². The van der Waals surface area contributed by atoms with Gasteiger partial charge in [-0.25, -0.2) is 4.79 Å². The zero-order valence-corrected chi connectivity index (χ0v) is 17.7. The second-order valence-corrected chi connectivity index (χ2v) is 6.99. The molecule has 160 valence electrons. The number of ether oxygens (including phenoxy) is 2. The summed E-state index contributed by atoms with van der Waals surface area (Å²) in [6, 6.07) is 13.9. The third kappa shape index (κ3) is 4.80. The number of benzene rings is 2. The first-order valence-electron chi connectivity index (χ1n) is 9.56. The monoisotopic (exact) mass is 421 g/mol. The van der Waals surface area contributed by atoms with Crippen LogP contribution in [0.25, 0.3) is 0 Å². The number of hydrogen-bond donors (Lipinski definition) is 1. The molecule has 0 saturated carbocycles. The highest BCUT2D eigenvalue weighted by Gasteiger charge is 2.14. The summed E-state index contributed by atoms with van der Waals surface area (Å²) in [6.07, 6.45) is 0. The summed E-state index contributed by atoms with van der Waals surface area (Å²) in [4.78, 5) is 24.6. The van der Waals surface area contributed by atoms with Crippen molar-refractivity contribution in [1.29, 1.82) is 0 Å². The number of aromatic hydroxyl groups is 1. The van der Waals surface area contributed by atoms with E-state index < -0.39 is 11.5 Å². The summed E-state index contributed by atoms with van der Waals surface area (Å²) < 4.78 is 11.6. The third-order valence-corrected chi connectivity index (χ3v) is 4.93. The molecule has 0 fully saturated rings. The summed E-state index contributed by atoms with van der Waals surface area (Å²) in [5.41, 5.74) is 2.36. The molecule has 0 saturated heterocycles. The molecule has 0 aliphatic rings. The Labute approximate surface area is 179 Å². The van der Waals surface area contributed by atoms with E-state index in [4.69, 9.17) is 9.47 Å². The van der Waals surface area contributed by atoms with Crippen molar-refractivity contribution < 1.29 is 19.4 Å². The van der Waals surface area contributed by atoms with E-state index in [-0.39, 0.29) is 18.4 Å². The van der Waals surface area contributed by atoms with Crippen LogP contribution in [0.15, 0.2) is 63.6 Å². The molecule has 1 N–H and O–H groups in total. The van der Waals surface area contributed by atoms with Gasteiger partial charge >= 0.3 is 5.97 Å². The summed E-state index contributed by atoms with van der Waals surface area (Å²) in [6.45, 7) is 4.98. The fraction of sp³-hybridized carbons (Fsp3) is 0.217. The number of carbonyl (C=O) groups is 1. The number of aromatic nitrogens is 1. The van der Waals surface area contributed by atoms with Crippen molar-refractivity contribution in [2.24, 2.45) is 17.3 Å². The lowest BCUT2D eigenvalue weighted by Gasteiger charge is -2.10. The SMILES string of the molecule is Cc1cc(C(=O)OCOc2ccccc2)ccc1N=Nc1c(C)c(C)c(O)n(C)c1=O. The lowest BCUT2D eigenvalue weighted by Crippen LogP contribution is -2.18. The van der Waals surface area contributed by atoms with Crippen LogP contribution in [0.3, 0.4) is 0 Å². The molecule has 0 amide bonds. The van der Waals surface area contributed by atoms with E-state index in [1.807, 2.05) is 18.2 Å². The Kier molecular flexibility index (Phi) is 6.49. The molecule has 0 unspecified atom stereocenters. The second-order valence-electron chi connectivity index (χ2n) is 6.99. The van der Waals surface area contributed by atoms with Crippen molar-refractivity contribution >= 4 is 17.3 Å². The number of aryl methyl sites for hydroxylation is 1. The Bertz CT molecular complexity index is 1200. The highest BCUT2D eigenvalue weighted by atomic mass is 16.7. The van der Waals surface area contributed by atoms with Gasteiger partial charge < -0.3 is 14.6 Å². The van der Waals surface area contributed by atoms with Gasteiger partial charge in [0, 0.05) is 12.6 Å². The average molecular weight is 421 g/mol. The third-order valence-electron chi connectivity index (χ3n) is 4.93. The maximum absolute atomic E-state index is 12.4. The van der Waals surface area contributed by atoms with Crippen molar-refractivity contribution in [3.05, 3.63) is 81.1 Å². The van der Waals surface area contributed by atoms with Crippen molar-refractivity contribution in [2.75, 3.05) is 6.79 Å². The van der Waals surface area contributed by atoms with Crippen molar-refractivity contribution in [3.8, 4) is 11.6 Å². The lowest BCUT2D eigenvalue weighted by atomic mass is 10.1. The van der Waals surface area contributed by atoms with Gasteiger partial charge in [-0.2, -0.15) is 5.11 Å². The molecular formula is C23H23N3O5. The van der Waals surface area contributed by atoms with E-state index >= 15 is 0 Å². The van der Waals surface area contributed by atoms with Crippen LogP contribution in [0.2, 0.25) is 0 Å². The Hall–Kier alpha value is -3.94. The van der Waals surface area contributed by atoms with Crippen LogP contribution >= 0.6 is 0 Å². The molecule has 1 aromatic heterocycles. The number of esters is 1. The van der Waals surface area contributed by atoms with Crippen molar-refractivity contribution in [2.45, 2.75) is 20.8 Å². The average Bonchev–Trinajstić information content (AvgIpc) is 2.77. The van der Waals surface area contributed by atoms with E-state index in [0.29, 0.717) is 33.7 Å². The van der Waals surface area contributed by atoms with E-state index in [1.54, 1.807) is 51.1 Å². The van der Waals surface area contributed by atoms with E-state index in [1.165, 1.54) is 7.05 Å². The van der Waals surface area contributed by atoms with Gasteiger partial charge in [0.05, 0.1) is 11.3 Å². The van der Waals surface area contributed by atoms with Crippen LogP contribution in [-0.2, 0) is 11.8 Å². The largest absolute Gasteiger partial charge is 0.494 e. The van der Waals surface area contributed by atoms with Gasteiger partial charge in [-0.05, 0) is 62.2 Å². The molecule has 0 spiro atoms. The molecule has 0 bridgehead atoms. The smallest absolute Gasteiger partial charge is 0.341 e. The summed E-state index contributed by atoms with van der Waals surface area (Å²) in [5, 5.41) is 18.2. The minimum Gasteiger partial charge on any atom is -0.494 e. The first kappa shape index (κ1) is 21.8. The number of pyridine rings is 1. The molecule has 3 rings (SSSR count). The standard InChI is InChI=1S/C23H23N3O5/c1-14-12-17(23(29)31-13-30-18-8-6-5-7-9-18)10-11-19(14)24-25-20-15(2)16(3)21(27)26(4)22(20)28/h5-12,27H,13H2,1-4H3. The molecule has 0 radical (unpaired) electrons. The number of carbonyl (C=O) groups excluding carboxylic acids is 1. The topological polar surface area (TPSA) is 102 Å². The normalized spacial score (nSPS) is 11.0. The zero-order valence-electron chi connectivity index (χ0n) is 17.7. The molecule has 0 aliphatic heterocycles. The maximum Gasteiger partial charge on any atom is 0.341 e. The Morgan fingerprint density at radius 2 is 1.74 bits per heavy atom. The lowest BCUT2D eigenvalue weighted by molar-refractivity contribution is 0.0154. The number of rotatable bonds is 6. The molecule has 31 heavy (non-hydrogen) atoms. The molecule has 8 heteroatoms. The molecule has 1 heterocycles. The van der Waals surface area contributed by atoms with Gasteiger partial charge in [0.1, 0.15) is 5.75 Å². The Balaban J connectivity index is 1.73. The fourth-order valence-corrected chi connectivity index (χ4v) is 2.88. The van der Waals surface area contributed by atoms with Gasteiger partial charge in [0.15, 0.2) is 11.6 Å².